The van der Waals surface area contributed by atoms with Gasteiger partial charge in [-0.3, -0.25) is 4.90 Å². The number of hydrogen-bond donors (Lipinski definition) is 1. The van der Waals surface area contributed by atoms with E-state index in [0.717, 1.165) is 45.4 Å². The van der Waals surface area contributed by atoms with Crippen molar-refractivity contribution in [1.82, 2.24) is 4.90 Å². The molecule has 0 saturated carbocycles. The van der Waals surface area contributed by atoms with E-state index in [4.69, 9.17) is 5.73 Å². The Bertz CT molecular complexity index is 884. The predicted molar refractivity (Wildman–Crippen MR) is 144 cm³/mol. The van der Waals surface area contributed by atoms with E-state index < -0.39 is 0 Å². The zero-order chi connectivity index (χ0) is 24.5. The molecule has 4 heteroatoms. The largest absolute Gasteiger partial charge is 0.364 e. The van der Waals surface area contributed by atoms with Crippen LogP contribution in [0.5, 0.6) is 0 Å². The molecule has 1 aliphatic rings. The standard InChI is InChI=1S/C30H44FN3/c1-23(2)17-19-34(30-6-5-18-33(22-30)21-28(32)20-24(3)4)29-15-11-26(12-16-29)8-7-25-9-13-27(31)14-10-25/h9-17,24,28,30H,5-8,18-22,32H2,1-4H3/t28?,30-/m0/s1. The quantitative estimate of drug-likeness (QED) is 0.400. The fourth-order valence-corrected chi connectivity index (χ4v) is 5.00. The Morgan fingerprint density at radius 3 is 2.26 bits per heavy atom. The maximum absolute atomic E-state index is 13.2. The second-order valence-electron chi connectivity index (χ2n) is 10.7. The maximum atomic E-state index is 13.2. The maximum Gasteiger partial charge on any atom is 0.123 e. The van der Waals surface area contributed by atoms with Gasteiger partial charge in [-0.25, -0.2) is 4.39 Å². The Kier molecular flexibility index (Phi) is 10.2. The van der Waals surface area contributed by atoms with Gasteiger partial charge in [0, 0.05) is 37.4 Å². The van der Waals surface area contributed by atoms with E-state index in [2.05, 4.69) is 67.8 Å². The number of nitrogens with zero attached hydrogens (tertiary/aromatic N) is 2. The van der Waals surface area contributed by atoms with Gasteiger partial charge in [0.1, 0.15) is 5.82 Å². The number of piperidine rings is 1. The van der Waals surface area contributed by atoms with E-state index in [0.29, 0.717) is 12.0 Å². The third-order valence-corrected chi connectivity index (χ3v) is 6.77. The van der Waals surface area contributed by atoms with Crippen LogP contribution in [-0.2, 0) is 12.8 Å². The van der Waals surface area contributed by atoms with Crippen LogP contribution in [0.15, 0.2) is 60.2 Å². The third-order valence-electron chi connectivity index (χ3n) is 6.77. The molecule has 1 aliphatic heterocycles. The summed E-state index contributed by atoms with van der Waals surface area (Å²) in [5.74, 6) is 0.471. The van der Waals surface area contributed by atoms with Crippen molar-refractivity contribution >= 4 is 5.69 Å². The molecule has 1 saturated heterocycles. The Balaban J connectivity index is 1.66. The van der Waals surface area contributed by atoms with Gasteiger partial charge in [0.05, 0.1) is 0 Å². The van der Waals surface area contributed by atoms with E-state index in [1.54, 1.807) is 12.1 Å². The van der Waals surface area contributed by atoms with Crippen LogP contribution in [0.2, 0.25) is 0 Å². The first-order valence-electron chi connectivity index (χ1n) is 13.0. The summed E-state index contributed by atoms with van der Waals surface area (Å²) < 4.78 is 13.2. The molecule has 1 fully saturated rings. The van der Waals surface area contributed by atoms with Gasteiger partial charge in [0.25, 0.3) is 0 Å². The third kappa shape index (κ3) is 8.56. The van der Waals surface area contributed by atoms with E-state index in [-0.39, 0.29) is 11.9 Å². The Morgan fingerprint density at radius 2 is 1.68 bits per heavy atom. The molecule has 3 rings (SSSR count). The number of hydrogen-bond acceptors (Lipinski definition) is 3. The summed E-state index contributed by atoms with van der Waals surface area (Å²) in [6, 6.07) is 16.7. The predicted octanol–water partition coefficient (Wildman–Crippen LogP) is 6.22. The number of nitrogens with two attached hydrogens (primary N) is 1. The lowest BCUT2D eigenvalue weighted by molar-refractivity contribution is 0.188. The zero-order valence-corrected chi connectivity index (χ0v) is 21.6. The van der Waals surface area contributed by atoms with Gasteiger partial charge in [-0.1, -0.05) is 49.8 Å². The molecule has 0 bridgehead atoms. The highest BCUT2D eigenvalue weighted by atomic mass is 19.1. The molecule has 2 atom stereocenters. The minimum atomic E-state index is -0.173. The van der Waals surface area contributed by atoms with Gasteiger partial charge in [0.15, 0.2) is 0 Å². The molecular weight excluding hydrogens is 421 g/mol. The first-order chi connectivity index (χ1) is 16.3. The van der Waals surface area contributed by atoms with Crippen molar-refractivity contribution in [1.29, 1.82) is 0 Å². The van der Waals surface area contributed by atoms with Crippen molar-refractivity contribution in [2.75, 3.05) is 31.1 Å². The van der Waals surface area contributed by atoms with Crippen molar-refractivity contribution in [3.05, 3.63) is 77.1 Å². The summed E-state index contributed by atoms with van der Waals surface area (Å²) in [4.78, 5) is 5.16. The molecule has 2 aromatic rings. The summed E-state index contributed by atoms with van der Waals surface area (Å²) in [6.07, 6.45) is 7.76. The van der Waals surface area contributed by atoms with Gasteiger partial charge in [-0.05, 0) is 93.8 Å². The first kappa shape index (κ1) is 26.4. The molecule has 2 N–H and O–H groups in total. The van der Waals surface area contributed by atoms with Crippen LogP contribution >= 0.6 is 0 Å². The van der Waals surface area contributed by atoms with Crippen molar-refractivity contribution in [2.45, 2.75) is 71.9 Å². The number of aryl methyl sites for hydroxylation is 2. The number of anilines is 1. The molecule has 2 aromatic carbocycles. The smallest absolute Gasteiger partial charge is 0.123 e. The molecule has 186 valence electrons. The molecule has 0 spiro atoms. The molecule has 3 nitrogen and oxygen atoms in total. The fraction of sp³-hybridized carbons (Fsp3) is 0.533. The number of rotatable bonds is 11. The fourth-order valence-electron chi connectivity index (χ4n) is 5.00. The monoisotopic (exact) mass is 465 g/mol. The molecule has 0 radical (unpaired) electrons. The van der Waals surface area contributed by atoms with Crippen LogP contribution in [-0.4, -0.2) is 43.2 Å². The minimum absolute atomic E-state index is 0.173. The van der Waals surface area contributed by atoms with Crippen LogP contribution < -0.4 is 10.6 Å². The van der Waals surface area contributed by atoms with Crippen LogP contribution in [0.1, 0.15) is 58.1 Å². The van der Waals surface area contributed by atoms with Gasteiger partial charge in [-0.15, -0.1) is 0 Å². The van der Waals surface area contributed by atoms with E-state index in [1.165, 1.54) is 35.2 Å². The first-order valence-corrected chi connectivity index (χ1v) is 13.0. The second kappa shape index (κ2) is 13.1. The van der Waals surface area contributed by atoms with Crippen molar-refractivity contribution in [3.63, 3.8) is 0 Å². The molecule has 1 unspecified atom stereocenters. The van der Waals surface area contributed by atoms with E-state index >= 15 is 0 Å². The van der Waals surface area contributed by atoms with Crippen molar-refractivity contribution < 1.29 is 4.39 Å². The zero-order valence-electron chi connectivity index (χ0n) is 21.6. The van der Waals surface area contributed by atoms with Gasteiger partial charge < -0.3 is 10.6 Å². The summed E-state index contributed by atoms with van der Waals surface area (Å²) in [7, 11) is 0. The number of benzene rings is 2. The van der Waals surface area contributed by atoms with E-state index in [9.17, 15) is 4.39 Å². The SMILES string of the molecule is CC(C)=CCN(c1ccc(CCc2ccc(F)cc2)cc1)[C@H]1CCCN(CC(N)CC(C)C)C1. The van der Waals surface area contributed by atoms with Crippen LogP contribution in [0.25, 0.3) is 0 Å². The molecular formula is C30H44FN3. The summed E-state index contributed by atoms with van der Waals surface area (Å²) in [5, 5.41) is 0. The number of allylic oxidation sites excluding steroid dienone is 1. The molecule has 34 heavy (non-hydrogen) atoms. The highest BCUT2D eigenvalue weighted by Gasteiger charge is 2.26. The normalized spacial score (nSPS) is 17.6. The summed E-state index contributed by atoms with van der Waals surface area (Å²) >= 11 is 0. The second-order valence-corrected chi connectivity index (χ2v) is 10.7. The Morgan fingerprint density at radius 1 is 1.06 bits per heavy atom. The minimum Gasteiger partial charge on any atom is -0.364 e. The lowest BCUT2D eigenvalue weighted by atomic mass is 9.99. The van der Waals surface area contributed by atoms with Gasteiger partial charge in [-0.2, -0.15) is 0 Å². The average Bonchev–Trinajstić information content (AvgIpc) is 2.79. The van der Waals surface area contributed by atoms with Crippen LogP contribution in [0.4, 0.5) is 10.1 Å². The molecule has 0 aromatic heterocycles. The Labute approximate surface area is 206 Å². The summed E-state index contributed by atoms with van der Waals surface area (Å²) in [6.45, 7) is 13.0. The topological polar surface area (TPSA) is 32.5 Å². The highest BCUT2D eigenvalue weighted by molar-refractivity contribution is 5.50. The van der Waals surface area contributed by atoms with E-state index in [1.807, 2.05) is 12.1 Å². The Hall–Kier alpha value is -2.17. The lowest BCUT2D eigenvalue weighted by Gasteiger charge is -2.41. The number of halogens is 1. The molecule has 0 aliphatic carbocycles. The van der Waals surface area contributed by atoms with Gasteiger partial charge in [0.2, 0.25) is 0 Å². The van der Waals surface area contributed by atoms with Crippen LogP contribution in [0, 0.1) is 11.7 Å². The molecule has 0 amide bonds. The average molecular weight is 466 g/mol. The highest BCUT2D eigenvalue weighted by Crippen LogP contribution is 2.25. The molecule has 1 heterocycles. The number of likely N-dealkylation sites (tertiary alicyclic amines) is 1. The van der Waals surface area contributed by atoms with Gasteiger partial charge >= 0.3 is 0 Å². The summed E-state index contributed by atoms with van der Waals surface area (Å²) in [5.41, 5.74) is 11.6. The van der Waals surface area contributed by atoms with Crippen LogP contribution in [0.3, 0.4) is 0 Å². The van der Waals surface area contributed by atoms with Crippen molar-refractivity contribution in [3.8, 4) is 0 Å². The van der Waals surface area contributed by atoms with Crippen molar-refractivity contribution in [2.24, 2.45) is 11.7 Å². The lowest BCUT2D eigenvalue weighted by Crippen LogP contribution is -2.51.